The number of hydrogen-bond acceptors (Lipinski definition) is 4. The van der Waals surface area contributed by atoms with E-state index in [0.717, 1.165) is 12.0 Å². The van der Waals surface area contributed by atoms with Crippen LogP contribution in [-0.2, 0) is 6.54 Å². The molecule has 4 nitrogen and oxygen atoms in total. The number of rotatable bonds is 6. The van der Waals surface area contributed by atoms with Gasteiger partial charge in [-0.1, -0.05) is 0 Å². The molecule has 1 atom stereocenters. The van der Waals surface area contributed by atoms with Crippen molar-refractivity contribution in [1.29, 1.82) is 0 Å². The zero-order valence-corrected chi connectivity index (χ0v) is 11.7. The molecule has 2 heterocycles. The summed E-state index contributed by atoms with van der Waals surface area (Å²) in [4.78, 5) is 6.40. The van der Waals surface area contributed by atoms with Crippen LogP contribution in [0.1, 0.15) is 24.8 Å². The molecule has 19 heavy (non-hydrogen) atoms. The molecule has 1 unspecified atom stereocenters. The first-order valence-corrected chi connectivity index (χ1v) is 6.82. The third kappa shape index (κ3) is 3.88. The number of nitrogens with zero attached hydrogens (tertiary/aromatic N) is 2. The van der Waals surface area contributed by atoms with Crippen LogP contribution in [-0.4, -0.2) is 43.2 Å². The van der Waals surface area contributed by atoms with Gasteiger partial charge in [0.25, 0.3) is 0 Å². The first-order chi connectivity index (χ1) is 9.20. The van der Waals surface area contributed by atoms with Crippen molar-refractivity contribution in [3.05, 3.63) is 23.6 Å². The van der Waals surface area contributed by atoms with Gasteiger partial charge in [0.1, 0.15) is 5.82 Å². The van der Waals surface area contributed by atoms with Gasteiger partial charge >= 0.3 is 0 Å². The van der Waals surface area contributed by atoms with E-state index in [-0.39, 0.29) is 5.82 Å². The predicted octanol–water partition coefficient (Wildman–Crippen LogP) is 1.80. The van der Waals surface area contributed by atoms with E-state index in [4.69, 9.17) is 4.74 Å². The van der Waals surface area contributed by atoms with E-state index in [9.17, 15) is 4.39 Å². The van der Waals surface area contributed by atoms with Crippen LogP contribution in [0.2, 0.25) is 0 Å². The third-order valence-electron chi connectivity index (χ3n) is 3.62. The molecule has 0 bridgehead atoms. The summed E-state index contributed by atoms with van der Waals surface area (Å²) in [5.41, 5.74) is 0.766. The lowest BCUT2D eigenvalue weighted by Gasteiger charge is -2.19. The lowest BCUT2D eigenvalue weighted by Crippen LogP contribution is -2.26. The summed E-state index contributed by atoms with van der Waals surface area (Å²) in [7, 11) is 3.97. The summed E-state index contributed by atoms with van der Waals surface area (Å²) in [5, 5.41) is 3.00. The molecule has 5 heteroatoms. The number of aromatic nitrogens is 1. The summed E-state index contributed by atoms with van der Waals surface area (Å²) in [6, 6.07) is 2.08. The second-order valence-corrected chi connectivity index (χ2v) is 5.06. The number of ether oxygens (including phenoxy) is 1. The minimum absolute atomic E-state index is 0.326. The number of nitrogens with one attached hydrogen (secondary N) is 1. The van der Waals surface area contributed by atoms with Crippen LogP contribution in [0.3, 0.4) is 0 Å². The van der Waals surface area contributed by atoms with Gasteiger partial charge in [0, 0.05) is 18.2 Å². The molecule has 1 aliphatic rings. The Morgan fingerprint density at radius 2 is 2.42 bits per heavy atom. The van der Waals surface area contributed by atoms with Crippen molar-refractivity contribution in [2.75, 3.05) is 27.2 Å². The molecule has 1 aliphatic heterocycles. The molecule has 1 aromatic rings. The molecule has 0 radical (unpaired) electrons. The van der Waals surface area contributed by atoms with E-state index in [2.05, 4.69) is 22.2 Å². The molecule has 0 saturated carbocycles. The molecule has 1 fully saturated rings. The van der Waals surface area contributed by atoms with Gasteiger partial charge in [0.15, 0.2) is 0 Å². The van der Waals surface area contributed by atoms with Crippen LogP contribution in [0.4, 0.5) is 4.39 Å². The Hall–Kier alpha value is -1.20. The Labute approximate surface area is 114 Å². The molecule has 0 aromatic carbocycles. The molecule has 1 N–H and O–H groups in total. The van der Waals surface area contributed by atoms with Crippen LogP contribution in [0.5, 0.6) is 5.88 Å². The zero-order valence-electron chi connectivity index (χ0n) is 11.7. The van der Waals surface area contributed by atoms with Crippen molar-refractivity contribution in [2.45, 2.75) is 31.8 Å². The summed E-state index contributed by atoms with van der Waals surface area (Å²) < 4.78 is 18.8. The molecule has 1 saturated heterocycles. The monoisotopic (exact) mass is 267 g/mol. The van der Waals surface area contributed by atoms with E-state index in [0.29, 0.717) is 25.1 Å². The molecule has 0 amide bonds. The van der Waals surface area contributed by atoms with Gasteiger partial charge in [-0.2, -0.15) is 0 Å². The normalized spacial score (nSPS) is 19.8. The Morgan fingerprint density at radius 1 is 1.58 bits per heavy atom. The van der Waals surface area contributed by atoms with Crippen molar-refractivity contribution in [1.82, 2.24) is 15.2 Å². The highest BCUT2D eigenvalue weighted by Gasteiger charge is 2.20. The SMILES string of the molecule is CNCc1cc(F)cnc1OCCC1CCCN1C. The first-order valence-electron chi connectivity index (χ1n) is 6.82. The molecule has 0 aliphatic carbocycles. The number of halogens is 1. The van der Waals surface area contributed by atoms with Crippen LogP contribution in [0, 0.1) is 5.82 Å². The average molecular weight is 267 g/mol. The minimum atomic E-state index is -0.326. The number of pyridine rings is 1. The maximum absolute atomic E-state index is 13.1. The molecular formula is C14H22FN3O. The Kier molecular flexibility index (Phi) is 5.10. The highest BCUT2D eigenvalue weighted by Crippen LogP contribution is 2.20. The number of hydrogen-bond donors (Lipinski definition) is 1. The van der Waals surface area contributed by atoms with Crippen molar-refractivity contribution < 1.29 is 9.13 Å². The molecule has 0 spiro atoms. The lowest BCUT2D eigenvalue weighted by molar-refractivity contribution is 0.227. The zero-order chi connectivity index (χ0) is 13.7. The molecular weight excluding hydrogens is 245 g/mol. The van der Waals surface area contributed by atoms with Crippen LogP contribution in [0.15, 0.2) is 12.3 Å². The lowest BCUT2D eigenvalue weighted by atomic mass is 10.1. The summed E-state index contributed by atoms with van der Waals surface area (Å²) in [6.45, 7) is 2.36. The third-order valence-corrected chi connectivity index (χ3v) is 3.62. The minimum Gasteiger partial charge on any atom is -0.477 e. The van der Waals surface area contributed by atoms with Crippen molar-refractivity contribution in [3.8, 4) is 5.88 Å². The Bertz CT molecular complexity index is 414. The molecule has 106 valence electrons. The fraction of sp³-hybridized carbons (Fsp3) is 0.643. The summed E-state index contributed by atoms with van der Waals surface area (Å²) >= 11 is 0. The largest absolute Gasteiger partial charge is 0.477 e. The maximum atomic E-state index is 13.1. The smallest absolute Gasteiger partial charge is 0.218 e. The Balaban J connectivity index is 1.88. The van der Waals surface area contributed by atoms with E-state index < -0.39 is 0 Å². The maximum Gasteiger partial charge on any atom is 0.218 e. The summed E-state index contributed by atoms with van der Waals surface area (Å²) in [6.07, 6.45) is 4.70. The van der Waals surface area contributed by atoms with Gasteiger partial charge in [0.2, 0.25) is 5.88 Å². The topological polar surface area (TPSA) is 37.4 Å². The van der Waals surface area contributed by atoms with Crippen molar-refractivity contribution in [2.24, 2.45) is 0 Å². The fourth-order valence-electron chi connectivity index (χ4n) is 2.55. The van der Waals surface area contributed by atoms with Gasteiger partial charge in [-0.15, -0.1) is 0 Å². The highest BCUT2D eigenvalue weighted by molar-refractivity contribution is 5.26. The highest BCUT2D eigenvalue weighted by atomic mass is 19.1. The van der Waals surface area contributed by atoms with Crippen molar-refractivity contribution in [3.63, 3.8) is 0 Å². The second kappa shape index (κ2) is 6.82. The number of likely N-dealkylation sites (tertiary alicyclic amines) is 1. The average Bonchev–Trinajstić information content (AvgIpc) is 2.78. The fourth-order valence-corrected chi connectivity index (χ4v) is 2.55. The molecule has 2 rings (SSSR count). The molecule has 1 aromatic heterocycles. The van der Waals surface area contributed by atoms with E-state index in [1.165, 1.54) is 31.6 Å². The van der Waals surface area contributed by atoms with Crippen LogP contribution in [0.25, 0.3) is 0 Å². The quantitative estimate of drug-likeness (QED) is 0.853. The van der Waals surface area contributed by atoms with E-state index in [1.54, 1.807) is 0 Å². The van der Waals surface area contributed by atoms with Gasteiger partial charge in [-0.3, -0.25) is 0 Å². The van der Waals surface area contributed by atoms with Crippen LogP contribution >= 0.6 is 0 Å². The van der Waals surface area contributed by atoms with Gasteiger partial charge in [-0.25, -0.2) is 9.37 Å². The first kappa shape index (κ1) is 14.2. The van der Waals surface area contributed by atoms with Gasteiger partial charge in [-0.05, 0) is 46.0 Å². The van der Waals surface area contributed by atoms with Crippen molar-refractivity contribution >= 4 is 0 Å². The van der Waals surface area contributed by atoms with Gasteiger partial charge in [0.05, 0.1) is 12.8 Å². The van der Waals surface area contributed by atoms with Gasteiger partial charge < -0.3 is 15.0 Å². The van der Waals surface area contributed by atoms with Crippen LogP contribution < -0.4 is 10.1 Å². The standard InChI is InChI=1S/C14H22FN3O/c1-16-9-11-8-12(15)10-17-14(11)19-7-5-13-4-3-6-18(13)2/h8,10,13,16H,3-7,9H2,1-2H3. The predicted molar refractivity (Wildman–Crippen MR) is 72.7 cm³/mol. The second-order valence-electron chi connectivity index (χ2n) is 5.06. The summed E-state index contributed by atoms with van der Waals surface area (Å²) in [5.74, 6) is 0.213. The van der Waals surface area contributed by atoms with E-state index in [1.807, 2.05) is 7.05 Å². The Morgan fingerprint density at radius 3 is 3.11 bits per heavy atom. The van der Waals surface area contributed by atoms with E-state index >= 15 is 0 Å².